The highest BCUT2D eigenvalue weighted by Gasteiger charge is 2.07. The van der Waals surface area contributed by atoms with Crippen molar-refractivity contribution >= 4 is 0 Å². The van der Waals surface area contributed by atoms with Gasteiger partial charge < -0.3 is 14.7 Å². The lowest BCUT2D eigenvalue weighted by Crippen LogP contribution is -2.29. The Morgan fingerprint density at radius 1 is 1.41 bits per heavy atom. The molecule has 0 unspecified atom stereocenters. The summed E-state index contributed by atoms with van der Waals surface area (Å²) in [6.45, 7) is 11.2. The van der Waals surface area contributed by atoms with Crippen LogP contribution in [0.25, 0.3) is 0 Å². The monoisotopic (exact) mass is 312 g/mol. The minimum absolute atomic E-state index is 0.160. The van der Waals surface area contributed by atoms with E-state index in [0.717, 1.165) is 26.1 Å². The summed E-state index contributed by atoms with van der Waals surface area (Å²) in [5, 5.41) is 19.6. The van der Waals surface area contributed by atoms with E-state index in [0.29, 0.717) is 25.2 Å². The summed E-state index contributed by atoms with van der Waals surface area (Å²) >= 11 is 0. The van der Waals surface area contributed by atoms with Crippen LogP contribution in [0, 0.1) is 10.1 Å². The fourth-order valence-corrected chi connectivity index (χ4v) is 1.83. The quantitative estimate of drug-likeness (QED) is 0.244. The molecular weight excluding hydrogens is 284 g/mol. The molecule has 0 atom stereocenters. The summed E-state index contributed by atoms with van der Waals surface area (Å²) in [5.74, 6) is 0. The second-order valence-electron chi connectivity index (χ2n) is 4.74. The van der Waals surface area contributed by atoms with Gasteiger partial charge in [-0.1, -0.05) is 32.6 Å². The van der Waals surface area contributed by atoms with Crippen molar-refractivity contribution < 1.29 is 14.8 Å². The molecule has 0 aliphatic carbocycles. The lowest BCUT2D eigenvalue weighted by molar-refractivity contribution is -0.427. The van der Waals surface area contributed by atoms with Crippen LogP contribution in [0.5, 0.6) is 0 Å². The number of aliphatic hydroxyl groups is 1. The molecule has 126 valence electrons. The van der Waals surface area contributed by atoms with Gasteiger partial charge in [-0.3, -0.25) is 10.1 Å². The van der Waals surface area contributed by atoms with Crippen molar-refractivity contribution in [2.45, 2.75) is 26.7 Å². The molecule has 0 fully saturated rings. The highest BCUT2D eigenvalue weighted by atomic mass is 16.6. The van der Waals surface area contributed by atoms with E-state index in [-0.39, 0.29) is 17.2 Å². The van der Waals surface area contributed by atoms with Crippen molar-refractivity contribution in [1.82, 2.24) is 4.90 Å². The zero-order valence-electron chi connectivity index (χ0n) is 13.7. The summed E-state index contributed by atoms with van der Waals surface area (Å²) in [6.07, 6.45) is 6.03. The molecule has 6 heteroatoms. The molecule has 6 nitrogen and oxygen atoms in total. The van der Waals surface area contributed by atoms with Crippen molar-refractivity contribution in [1.29, 1.82) is 0 Å². The van der Waals surface area contributed by atoms with Gasteiger partial charge in [0.05, 0.1) is 18.1 Å². The third kappa shape index (κ3) is 9.44. The molecule has 22 heavy (non-hydrogen) atoms. The van der Waals surface area contributed by atoms with Gasteiger partial charge in [-0.25, -0.2) is 0 Å². The zero-order valence-corrected chi connectivity index (χ0v) is 13.7. The average Bonchev–Trinajstić information content (AvgIpc) is 2.52. The number of ether oxygens (including phenoxy) is 1. The first-order valence-corrected chi connectivity index (χ1v) is 7.67. The van der Waals surface area contributed by atoms with Crippen LogP contribution in [-0.4, -0.2) is 54.4 Å². The van der Waals surface area contributed by atoms with Gasteiger partial charge in [0.25, 0.3) is 0 Å². The lowest BCUT2D eigenvalue weighted by atomic mass is 10.2. The number of rotatable bonds is 13. The molecule has 0 saturated carbocycles. The Balaban J connectivity index is 4.23. The van der Waals surface area contributed by atoms with Crippen LogP contribution in [0.2, 0.25) is 0 Å². The van der Waals surface area contributed by atoms with Crippen LogP contribution in [0.1, 0.15) is 26.7 Å². The Morgan fingerprint density at radius 2 is 2.14 bits per heavy atom. The molecule has 0 aromatic carbocycles. The highest BCUT2D eigenvalue weighted by Crippen LogP contribution is 2.08. The molecule has 0 spiro atoms. The molecule has 0 saturated heterocycles. The minimum Gasteiger partial charge on any atom is -0.396 e. The van der Waals surface area contributed by atoms with Crippen molar-refractivity contribution in [3.8, 4) is 0 Å². The van der Waals surface area contributed by atoms with Crippen LogP contribution in [-0.2, 0) is 4.74 Å². The summed E-state index contributed by atoms with van der Waals surface area (Å²) in [7, 11) is 0. The molecule has 0 aliphatic heterocycles. The average molecular weight is 312 g/mol. The smallest absolute Gasteiger partial charge is 0.246 e. The number of allylic oxidation sites excluding steroid dienone is 4. The van der Waals surface area contributed by atoms with Crippen LogP contribution < -0.4 is 0 Å². The zero-order chi connectivity index (χ0) is 16.8. The van der Waals surface area contributed by atoms with E-state index in [2.05, 4.69) is 18.4 Å². The maximum absolute atomic E-state index is 10.8. The molecule has 0 aromatic heterocycles. The molecule has 0 bridgehead atoms. The van der Waals surface area contributed by atoms with Gasteiger partial charge in [-0.15, -0.1) is 0 Å². The molecule has 0 rings (SSSR count). The van der Waals surface area contributed by atoms with Crippen LogP contribution in [0.3, 0.4) is 0 Å². The van der Waals surface area contributed by atoms with Gasteiger partial charge in [0.1, 0.15) is 0 Å². The van der Waals surface area contributed by atoms with E-state index < -0.39 is 0 Å². The third-order valence-electron chi connectivity index (χ3n) is 3.23. The number of nitrogens with zero attached hydrogens (tertiary/aromatic N) is 2. The van der Waals surface area contributed by atoms with E-state index in [4.69, 9.17) is 9.84 Å². The third-order valence-corrected chi connectivity index (χ3v) is 3.23. The Kier molecular flexibility index (Phi) is 12.3. The van der Waals surface area contributed by atoms with Gasteiger partial charge in [-0.2, -0.15) is 0 Å². The van der Waals surface area contributed by atoms with Crippen LogP contribution in [0.15, 0.2) is 36.1 Å². The van der Waals surface area contributed by atoms with Gasteiger partial charge in [0, 0.05) is 32.2 Å². The Labute approximate surface area is 132 Å². The normalized spacial score (nSPS) is 12.7. The summed E-state index contributed by atoms with van der Waals surface area (Å²) < 4.78 is 5.53. The van der Waals surface area contributed by atoms with Crippen molar-refractivity contribution in [2.24, 2.45) is 0 Å². The molecule has 0 amide bonds. The van der Waals surface area contributed by atoms with Crippen LogP contribution in [0.4, 0.5) is 0 Å². The topological polar surface area (TPSA) is 75.8 Å². The van der Waals surface area contributed by atoms with Crippen molar-refractivity contribution in [3.63, 3.8) is 0 Å². The molecule has 0 heterocycles. The summed E-state index contributed by atoms with van der Waals surface area (Å²) in [6, 6.07) is 0. The number of hydrogen-bond acceptors (Lipinski definition) is 5. The fourth-order valence-electron chi connectivity index (χ4n) is 1.83. The SMILES string of the molecule is C=CC(=C/COCCN(CC)CCCO)/C=C(\CC)[N+](=O)[O-]. The number of likely N-dealkylation sites (N-methyl/N-ethyl adjacent to an activating group) is 1. The fraction of sp³-hybridized carbons (Fsp3) is 0.625. The Morgan fingerprint density at radius 3 is 2.64 bits per heavy atom. The largest absolute Gasteiger partial charge is 0.396 e. The van der Waals surface area contributed by atoms with Gasteiger partial charge in [-0.05, 0) is 18.5 Å². The van der Waals surface area contributed by atoms with Gasteiger partial charge in [0.15, 0.2) is 0 Å². The Hall–Kier alpha value is -1.50. The predicted molar refractivity (Wildman–Crippen MR) is 88.3 cm³/mol. The summed E-state index contributed by atoms with van der Waals surface area (Å²) in [4.78, 5) is 12.6. The highest BCUT2D eigenvalue weighted by molar-refractivity contribution is 5.30. The van der Waals surface area contributed by atoms with Crippen molar-refractivity contribution in [2.75, 3.05) is 39.5 Å². The molecule has 1 N–H and O–H groups in total. The van der Waals surface area contributed by atoms with Gasteiger partial charge in [0.2, 0.25) is 5.70 Å². The first-order valence-electron chi connectivity index (χ1n) is 7.67. The van der Waals surface area contributed by atoms with Crippen molar-refractivity contribution in [3.05, 3.63) is 46.2 Å². The predicted octanol–water partition coefficient (Wildman–Crippen LogP) is 2.39. The lowest BCUT2D eigenvalue weighted by Gasteiger charge is -2.19. The number of aliphatic hydroxyl groups excluding tert-OH is 1. The minimum atomic E-state index is -0.377. The molecule has 0 radical (unpaired) electrons. The first-order chi connectivity index (χ1) is 10.6. The Bertz CT molecular complexity index is 392. The van der Waals surface area contributed by atoms with E-state index >= 15 is 0 Å². The standard InChI is InChI=1S/C16H28N2O4/c1-4-15(14-16(5-2)18(20)21)8-12-22-13-10-17(6-3)9-7-11-19/h4,8,14,19H,1,5-7,9-13H2,2-3H3/b15-8-,16-14+. The molecule has 0 aromatic rings. The van der Waals surface area contributed by atoms with E-state index in [9.17, 15) is 10.1 Å². The second-order valence-corrected chi connectivity index (χ2v) is 4.74. The maximum atomic E-state index is 10.8. The first kappa shape index (κ1) is 20.5. The second kappa shape index (κ2) is 13.2. The van der Waals surface area contributed by atoms with E-state index in [1.807, 2.05) is 0 Å². The molecule has 0 aliphatic rings. The van der Waals surface area contributed by atoms with E-state index in [1.54, 1.807) is 19.1 Å². The number of nitro groups is 1. The summed E-state index contributed by atoms with van der Waals surface area (Å²) in [5.41, 5.74) is 0.855. The molecular formula is C16H28N2O4. The van der Waals surface area contributed by atoms with Gasteiger partial charge >= 0.3 is 0 Å². The maximum Gasteiger partial charge on any atom is 0.246 e. The van der Waals surface area contributed by atoms with Crippen LogP contribution >= 0.6 is 0 Å². The number of hydrogen-bond donors (Lipinski definition) is 1. The van der Waals surface area contributed by atoms with E-state index in [1.165, 1.54) is 6.08 Å².